The number of hydrogen-bond donors (Lipinski definition) is 16. The zero-order valence-electron chi connectivity index (χ0n) is 60.8. The summed E-state index contributed by atoms with van der Waals surface area (Å²) in [5, 5.41) is 50.7. The highest BCUT2D eigenvalue weighted by Crippen LogP contribution is 2.22. The standard InChI is InChI=1S/C59H84N16O12.C2H4O2/c1-6-63-57(86)48-14-10-22-75(48)58(87)41(13-9-21-64-59(60)61)68-51(80)42(23-32(2)3)69-52(81)43(24-33(4)5)70-53(82)44(25-34-15-17-37(77)18-16-34)71-56(85)47(30-76)74-54(83)45(26-35-28-65-39-12-8-7-11-38(35)39)72-55(84)46(27-36-29-62-31-66-36)73-50(79)40-19-20-49(78)67-40;1-2(3)4/h7-8,11-12,15-18,28-29,31-33,40-48,65,76-77H,6,9-10,13-14,19-27,30H2,1-5H3,(H,62,66)(H,63,86)(H,67,78)(H,68,80)(H,69,81)(H,70,82)(H,71,85)(H,72,84)(H,73,79)(H,74,83)(H4,60,61,64);1H3,(H,3,4)/t40-,41-,42?,43+,44-,45-,46-,47-,48-;/m0./s1/i2D3,3D3,23D2,32D,42D;. The van der Waals surface area contributed by atoms with Crippen LogP contribution in [-0.4, -0.2) is 187 Å². The van der Waals surface area contributed by atoms with Crippen LogP contribution in [0, 0.1) is 11.8 Å². The molecule has 0 radical (unpaired) electrons. The van der Waals surface area contributed by atoms with Gasteiger partial charge in [-0.2, -0.15) is 0 Å². The maximum Gasteiger partial charge on any atom is 0.300 e. The van der Waals surface area contributed by atoms with Crippen molar-refractivity contribution < 1.29 is 81.8 Å². The van der Waals surface area contributed by atoms with E-state index < -0.39 is 171 Å². The third-order valence-electron chi connectivity index (χ3n) is 14.3. The van der Waals surface area contributed by atoms with E-state index in [4.69, 9.17) is 31.0 Å². The Balaban J connectivity index is 0.00000447. The predicted octanol–water partition coefficient (Wildman–Crippen LogP) is -1.35. The molecule has 2 aromatic carbocycles. The van der Waals surface area contributed by atoms with Gasteiger partial charge in [0.05, 0.1) is 14.3 Å². The van der Waals surface area contributed by atoms with Gasteiger partial charge in [0.2, 0.25) is 59.1 Å². The molecular formula is C61H88N16O14. The molecule has 2 aliphatic rings. The number of carboxylic acid groups (broad SMARTS) is 1. The van der Waals surface area contributed by atoms with Crippen LogP contribution in [0.1, 0.15) is 123 Å². The number of aliphatic carboxylic acids is 1. The van der Waals surface area contributed by atoms with Gasteiger partial charge in [-0.25, -0.2) is 4.98 Å². The maximum absolute atomic E-state index is 15.1. The van der Waals surface area contributed by atoms with Crippen molar-refractivity contribution >= 4 is 81.9 Å². The van der Waals surface area contributed by atoms with Crippen molar-refractivity contribution in [2.75, 3.05) is 26.2 Å². The first-order chi connectivity index (χ1) is 47.2. The van der Waals surface area contributed by atoms with E-state index in [9.17, 15) is 52.7 Å². The molecule has 4 aromatic rings. The van der Waals surface area contributed by atoms with E-state index in [1.54, 1.807) is 42.7 Å². The van der Waals surface area contributed by atoms with Crippen LogP contribution < -0.4 is 59.3 Å². The Kier molecular flexibility index (Phi) is 22.6. The second-order valence-corrected chi connectivity index (χ2v) is 21.9. The number of rotatable bonds is 32. The number of aromatic amines is 2. The number of carboxylic acids is 1. The van der Waals surface area contributed by atoms with Gasteiger partial charge in [0, 0.05) is 93.6 Å². The number of carbonyl (C=O) groups excluding carboxylic acids is 10. The van der Waals surface area contributed by atoms with Crippen LogP contribution >= 0.6 is 0 Å². The number of aliphatic imine (C=N–C) groups is 1. The Morgan fingerprint density at radius 3 is 2.01 bits per heavy atom. The average Bonchev–Trinajstić information content (AvgIpc) is 1.19. The molecule has 1 unspecified atom stereocenters. The van der Waals surface area contributed by atoms with Crippen LogP contribution in [0.4, 0.5) is 0 Å². The molecule has 6 rings (SSSR count). The van der Waals surface area contributed by atoms with Crippen molar-refractivity contribution in [1.29, 1.82) is 0 Å². The number of benzene rings is 2. The van der Waals surface area contributed by atoms with Gasteiger partial charge in [-0.15, -0.1) is 0 Å². The molecule has 2 aromatic heterocycles. The summed E-state index contributed by atoms with van der Waals surface area (Å²) in [7, 11) is 0. The van der Waals surface area contributed by atoms with Gasteiger partial charge in [0.15, 0.2) is 5.96 Å². The van der Waals surface area contributed by atoms with Crippen molar-refractivity contribution in [3.63, 3.8) is 0 Å². The normalized spacial score (nSPS) is 19.2. The van der Waals surface area contributed by atoms with E-state index in [0.717, 1.165) is 11.8 Å². The number of nitrogens with two attached hydrogens (primary N) is 2. The number of aromatic hydroxyl groups is 1. The Morgan fingerprint density at radius 1 is 0.791 bits per heavy atom. The highest BCUT2D eigenvalue weighted by Gasteiger charge is 2.40. The quantitative estimate of drug-likeness (QED) is 0.0153. The number of H-pyrrole nitrogens is 2. The third kappa shape index (κ3) is 23.1. The fourth-order valence-corrected chi connectivity index (χ4v) is 9.97. The Hall–Kier alpha value is -9.61. The molecule has 0 saturated carbocycles. The number of aliphatic hydroxyl groups is 1. The summed E-state index contributed by atoms with van der Waals surface area (Å²) in [5.41, 5.74) is 12.7. The van der Waals surface area contributed by atoms with Crippen LogP contribution in [0.15, 0.2) is 72.2 Å². The van der Waals surface area contributed by atoms with Gasteiger partial charge in [0.25, 0.3) is 5.97 Å². The summed E-state index contributed by atoms with van der Waals surface area (Å²) < 4.78 is 86.6. The number of aromatic nitrogens is 3. The zero-order chi connectivity index (χ0) is 75.5. The molecule has 0 aliphatic carbocycles. The summed E-state index contributed by atoms with van der Waals surface area (Å²) in [5.74, 6) is -17.4. The summed E-state index contributed by atoms with van der Waals surface area (Å²) in [6.07, 6.45) is -1.58. The van der Waals surface area contributed by atoms with Crippen molar-refractivity contribution in [2.45, 2.75) is 166 Å². The number of hydrogen-bond acceptors (Lipinski definition) is 15. The molecule has 18 N–H and O–H groups in total. The van der Waals surface area contributed by atoms with Crippen LogP contribution in [0.25, 0.3) is 10.9 Å². The first kappa shape index (κ1) is 57.8. The highest BCUT2D eigenvalue weighted by atomic mass is 16.4. The molecule has 91 heavy (non-hydrogen) atoms. The topological polar surface area (TPSA) is 469 Å². The van der Waals surface area contributed by atoms with Gasteiger partial charge in [-0.1, -0.05) is 57.9 Å². The van der Waals surface area contributed by atoms with Crippen molar-refractivity contribution in [3.8, 4) is 5.75 Å². The number of likely N-dealkylation sites (tertiary alicyclic amines) is 1. The predicted molar refractivity (Wildman–Crippen MR) is 333 cm³/mol. The molecule has 30 heteroatoms. The van der Waals surface area contributed by atoms with Crippen molar-refractivity contribution in [1.82, 2.24) is 67.7 Å². The van der Waals surface area contributed by atoms with Crippen LogP contribution in [-0.2, 0) is 72.0 Å². The molecule has 10 amide bonds. The monoisotopic (exact) mass is 1280 g/mol. The summed E-state index contributed by atoms with van der Waals surface area (Å²) in [6, 6.07) is -4.93. The largest absolute Gasteiger partial charge is 0.508 e. The second kappa shape index (κ2) is 35.5. The van der Waals surface area contributed by atoms with Crippen LogP contribution in [0.5, 0.6) is 5.75 Å². The number of nitrogens with one attached hydrogen (secondary N) is 11. The molecule has 0 spiro atoms. The minimum atomic E-state index is -4.53. The number of para-hydroxylation sites is 1. The number of phenols is 1. The average molecular weight is 1280 g/mol. The summed E-state index contributed by atoms with van der Waals surface area (Å²) in [6.45, 7) is -3.93. The van der Waals surface area contributed by atoms with Gasteiger partial charge in [-0.3, -0.25) is 57.7 Å². The first-order valence-corrected chi connectivity index (χ1v) is 29.4. The fourth-order valence-electron chi connectivity index (χ4n) is 9.97. The van der Waals surface area contributed by atoms with Crippen LogP contribution in [0.2, 0.25) is 0 Å². The van der Waals surface area contributed by atoms with E-state index in [1.807, 2.05) is 0 Å². The van der Waals surface area contributed by atoms with Crippen molar-refractivity contribution in [3.05, 3.63) is 84.1 Å². The lowest BCUT2D eigenvalue weighted by Gasteiger charge is -2.31. The lowest BCUT2D eigenvalue weighted by molar-refractivity contribution is -0.142. The lowest BCUT2D eigenvalue weighted by atomic mass is 9.98. The molecule has 9 atom stereocenters. The number of carbonyl (C=O) groups is 11. The van der Waals surface area contributed by atoms with Gasteiger partial charge >= 0.3 is 0 Å². The molecule has 496 valence electrons. The first-order valence-electron chi connectivity index (χ1n) is 34.4. The highest BCUT2D eigenvalue weighted by molar-refractivity contribution is 5.99. The smallest absolute Gasteiger partial charge is 0.300 e. The molecule has 30 nitrogen and oxygen atoms in total. The Morgan fingerprint density at radius 2 is 1.41 bits per heavy atom. The van der Waals surface area contributed by atoms with E-state index in [-0.39, 0.29) is 81.3 Å². The number of imidazole rings is 1. The molecule has 2 saturated heterocycles. The van der Waals surface area contributed by atoms with E-state index >= 15 is 9.59 Å². The summed E-state index contributed by atoms with van der Waals surface area (Å²) in [4.78, 5) is 166. The Labute approximate surface area is 540 Å². The summed E-state index contributed by atoms with van der Waals surface area (Å²) >= 11 is 0. The number of aliphatic hydroxyl groups excluding tert-OH is 1. The molecule has 4 heterocycles. The number of amides is 10. The number of likely N-dealkylation sites (N-methyl/N-ethyl adjacent to an activating group) is 1. The number of nitrogens with zero attached hydrogens (tertiary/aromatic N) is 3. The van der Waals surface area contributed by atoms with E-state index in [0.29, 0.717) is 28.6 Å². The fraction of sp³-hybridized carbons (Fsp3) is 0.525. The second-order valence-electron chi connectivity index (χ2n) is 21.9. The molecule has 2 fully saturated rings. The third-order valence-corrected chi connectivity index (χ3v) is 14.3. The number of fused-ring (bicyclic) bond motifs is 1. The van der Waals surface area contributed by atoms with E-state index in [1.165, 1.54) is 50.6 Å². The Bertz CT molecular complexity index is 3600. The molecule has 0 bridgehead atoms. The number of phenolic OH excluding ortho intramolecular Hbond substituents is 1. The van der Waals surface area contributed by atoms with Gasteiger partial charge in [0.1, 0.15) is 60.1 Å². The number of guanidine groups is 1. The maximum atomic E-state index is 15.1. The zero-order valence-corrected chi connectivity index (χ0v) is 50.8. The molecule has 2 aliphatic heterocycles. The van der Waals surface area contributed by atoms with Gasteiger partial charge in [-0.05, 0) is 93.0 Å². The lowest BCUT2D eigenvalue weighted by Crippen LogP contribution is -2.61. The van der Waals surface area contributed by atoms with Gasteiger partial charge < -0.3 is 89.5 Å². The van der Waals surface area contributed by atoms with E-state index in [2.05, 4.69) is 62.5 Å². The van der Waals surface area contributed by atoms with Crippen molar-refractivity contribution in [2.24, 2.45) is 28.3 Å². The minimum absolute atomic E-state index is 0.0475. The SMILES string of the molecule is CC(=O)O.[2H]C([2H])([2H])C([2H])(C([2H])([2H])[2H])C([2H])([2H])C([2H])(NC(=O)[C@@H](CC(C)C)NC(=O)[C@H](Cc1ccc(O)cc1)NC(=O)[C@H](CO)NC(=O)[C@H](Cc1c[nH]c2ccccc12)NC(=O)[C@H](Cc1cnc[nH]1)NC(=O)[C@@H]1CCC(=O)N1)C(=O)N[C@@H](CCCN=C(N)N)C(=O)N1CCC[C@H]1C(=O)NCC. The minimum Gasteiger partial charge on any atom is -0.508 e. The molecular weight excluding hydrogens is 1180 g/mol. The van der Waals surface area contributed by atoms with Crippen LogP contribution in [0.3, 0.4) is 0 Å².